The molecule has 0 aliphatic carbocycles. The Balaban J connectivity index is 2.20. The van der Waals surface area contributed by atoms with E-state index in [2.05, 4.69) is 53.1 Å². The quantitative estimate of drug-likeness (QED) is 0.561. The molecule has 0 aromatic carbocycles. The first-order valence-electron chi connectivity index (χ1n) is 8.38. The van der Waals surface area contributed by atoms with Crippen molar-refractivity contribution in [3.8, 4) is 0 Å². The first kappa shape index (κ1) is 17.9. The van der Waals surface area contributed by atoms with Gasteiger partial charge in [0.15, 0.2) is 7.83 Å². The van der Waals surface area contributed by atoms with Crippen LogP contribution in [0, 0.1) is 0 Å². The summed E-state index contributed by atoms with van der Waals surface area (Å²) in [4.78, 5) is 0. The van der Waals surface area contributed by atoms with Gasteiger partial charge in [0.25, 0.3) is 0 Å². The summed E-state index contributed by atoms with van der Waals surface area (Å²) in [6.45, 7) is 21.5. The van der Waals surface area contributed by atoms with Gasteiger partial charge in [-0.25, -0.2) is 0 Å². The summed E-state index contributed by atoms with van der Waals surface area (Å²) in [5.74, 6) is 0. The molecule has 6 heteroatoms. The van der Waals surface area contributed by atoms with Gasteiger partial charge in [-0.15, -0.1) is 0 Å². The van der Waals surface area contributed by atoms with Crippen molar-refractivity contribution in [1.82, 2.24) is 0 Å². The van der Waals surface area contributed by atoms with Crippen molar-refractivity contribution in [1.29, 1.82) is 0 Å². The zero-order valence-electron chi connectivity index (χ0n) is 15.2. The predicted molar refractivity (Wildman–Crippen MR) is 96.5 cm³/mol. The summed E-state index contributed by atoms with van der Waals surface area (Å²) >= 11 is 0. The molecule has 2 saturated heterocycles. The summed E-state index contributed by atoms with van der Waals surface area (Å²) < 4.78 is 18.4. The molecule has 0 spiro atoms. The van der Waals surface area contributed by atoms with Gasteiger partial charge >= 0.3 is 0 Å². The smallest absolute Gasteiger partial charge is 0.172 e. The number of epoxide rings is 1. The lowest BCUT2D eigenvalue weighted by Gasteiger charge is -2.60. The molecule has 2 aliphatic rings. The minimum absolute atomic E-state index is 0.0857. The Kier molecular flexibility index (Phi) is 4.73. The fourth-order valence-corrected chi connectivity index (χ4v) is 34.5. The molecular weight excluding hydrogens is 312 g/mol. The van der Waals surface area contributed by atoms with Gasteiger partial charge in [0.2, 0.25) is 0 Å². The Morgan fingerprint density at radius 1 is 1.19 bits per heavy atom. The monoisotopic (exact) mass is 346 g/mol. The second kappa shape index (κ2) is 5.56. The van der Waals surface area contributed by atoms with Crippen molar-refractivity contribution in [3.63, 3.8) is 0 Å². The van der Waals surface area contributed by atoms with Crippen LogP contribution in [0.15, 0.2) is 0 Å². The van der Waals surface area contributed by atoms with E-state index in [0.29, 0.717) is 6.10 Å². The van der Waals surface area contributed by atoms with Crippen molar-refractivity contribution in [2.75, 3.05) is 13.2 Å². The molecule has 0 radical (unpaired) electrons. The van der Waals surface area contributed by atoms with Crippen LogP contribution in [0.3, 0.4) is 0 Å². The highest BCUT2D eigenvalue weighted by Crippen LogP contribution is 2.46. The molecule has 2 rings (SSSR count). The van der Waals surface area contributed by atoms with Gasteiger partial charge in [0, 0.05) is 7.59 Å². The maximum Gasteiger partial charge on any atom is 0.172 e. The molecule has 0 amide bonds. The Morgan fingerprint density at radius 2 is 1.76 bits per heavy atom. The molecule has 0 saturated carbocycles. The molecule has 2 fully saturated rings. The van der Waals surface area contributed by atoms with E-state index in [9.17, 15) is 0 Å². The highest BCUT2D eigenvalue weighted by Gasteiger charge is 2.62. The molecule has 21 heavy (non-hydrogen) atoms. The minimum atomic E-state index is -1.62. The van der Waals surface area contributed by atoms with E-state index in [4.69, 9.17) is 13.9 Å². The molecular formula is C15H34O3Si3. The van der Waals surface area contributed by atoms with Crippen molar-refractivity contribution < 1.29 is 13.9 Å². The van der Waals surface area contributed by atoms with Crippen molar-refractivity contribution in [2.24, 2.45) is 0 Å². The third-order valence-corrected chi connectivity index (χ3v) is 46.9. The minimum Gasteiger partial charge on any atom is -0.413 e. The maximum absolute atomic E-state index is 6.89. The van der Waals surface area contributed by atoms with Crippen LogP contribution in [-0.4, -0.2) is 53.6 Å². The first-order valence-corrected chi connectivity index (χ1v) is 19.5. The number of rotatable bonds is 5. The van der Waals surface area contributed by atoms with Crippen LogP contribution in [-0.2, 0) is 13.9 Å². The molecule has 3 atom stereocenters. The number of ether oxygens (including phenoxy) is 2. The molecule has 0 aromatic heterocycles. The SMILES string of the molecule is CCC(OCC1CO1)C1(C)C[Si](C)(C)[Si](C)(C)[Si](C)(C)O1. The molecule has 0 aromatic rings. The van der Waals surface area contributed by atoms with Gasteiger partial charge in [-0.3, -0.25) is 0 Å². The fourth-order valence-electron chi connectivity index (χ4n) is 3.95. The van der Waals surface area contributed by atoms with Gasteiger partial charge in [0.05, 0.1) is 32.0 Å². The standard InChI is InChI=1S/C15H34O3Si3/c1-9-14(17-11-13-10-16-13)15(2)12-19(3,4)21(7,8)20(5,6)18-15/h13-14H,9-12H2,1-8H3. The first-order chi connectivity index (χ1) is 9.45. The zero-order chi connectivity index (χ0) is 16.1. The average Bonchev–Trinajstić information content (AvgIpc) is 3.09. The van der Waals surface area contributed by atoms with E-state index < -0.39 is 22.5 Å². The lowest BCUT2D eigenvalue weighted by atomic mass is 9.99. The normalized spacial score (nSPS) is 38.0. The lowest BCUT2D eigenvalue weighted by Crippen LogP contribution is -2.79. The summed E-state index contributed by atoms with van der Waals surface area (Å²) in [5, 5.41) is 0. The Labute approximate surface area is 133 Å². The number of hydrogen-bond donors (Lipinski definition) is 0. The van der Waals surface area contributed by atoms with Crippen LogP contribution >= 0.6 is 0 Å². The maximum atomic E-state index is 6.89. The van der Waals surface area contributed by atoms with Gasteiger partial charge in [0.1, 0.15) is 6.10 Å². The summed E-state index contributed by atoms with van der Waals surface area (Å²) in [6, 6.07) is 1.25. The lowest BCUT2D eigenvalue weighted by molar-refractivity contribution is -0.0822. The van der Waals surface area contributed by atoms with Crippen LogP contribution in [0.5, 0.6) is 0 Å². The van der Waals surface area contributed by atoms with Crippen LogP contribution in [0.4, 0.5) is 0 Å². The largest absolute Gasteiger partial charge is 0.413 e. The summed E-state index contributed by atoms with van der Waals surface area (Å²) in [7, 11) is -4.11. The van der Waals surface area contributed by atoms with E-state index in [1.54, 1.807) is 0 Å². The third-order valence-electron chi connectivity index (χ3n) is 6.42. The topological polar surface area (TPSA) is 31.0 Å². The van der Waals surface area contributed by atoms with E-state index in [-0.39, 0.29) is 11.7 Å². The van der Waals surface area contributed by atoms with Crippen molar-refractivity contribution in [2.45, 2.75) is 83.4 Å². The Bertz CT molecular complexity index is 372. The van der Waals surface area contributed by atoms with Gasteiger partial charge in [-0.2, -0.15) is 0 Å². The average molecular weight is 347 g/mol. The molecule has 3 unspecified atom stereocenters. The molecule has 3 nitrogen and oxygen atoms in total. The molecule has 124 valence electrons. The third kappa shape index (κ3) is 3.26. The van der Waals surface area contributed by atoms with Gasteiger partial charge in [-0.05, 0) is 32.5 Å². The fraction of sp³-hybridized carbons (Fsp3) is 1.00. The van der Waals surface area contributed by atoms with Crippen LogP contribution in [0.25, 0.3) is 0 Å². The van der Waals surface area contributed by atoms with Crippen molar-refractivity contribution >= 4 is 22.5 Å². The van der Waals surface area contributed by atoms with Crippen LogP contribution < -0.4 is 0 Å². The summed E-state index contributed by atoms with van der Waals surface area (Å²) in [5.41, 5.74) is -0.0857. The van der Waals surface area contributed by atoms with E-state index in [1.165, 1.54) is 6.04 Å². The highest BCUT2D eigenvalue weighted by atomic mass is 29.6. The summed E-state index contributed by atoms with van der Waals surface area (Å²) in [6.07, 6.45) is 1.58. The highest BCUT2D eigenvalue weighted by molar-refractivity contribution is 7.67. The van der Waals surface area contributed by atoms with Crippen LogP contribution in [0.1, 0.15) is 20.3 Å². The molecule has 0 N–H and O–H groups in total. The predicted octanol–water partition coefficient (Wildman–Crippen LogP) is 3.75. The Morgan fingerprint density at radius 3 is 2.19 bits per heavy atom. The van der Waals surface area contributed by atoms with Gasteiger partial charge in [-0.1, -0.05) is 33.1 Å². The zero-order valence-corrected chi connectivity index (χ0v) is 18.2. The number of hydrogen-bond acceptors (Lipinski definition) is 3. The van der Waals surface area contributed by atoms with Gasteiger partial charge < -0.3 is 13.9 Å². The molecule has 2 aliphatic heterocycles. The second-order valence-corrected chi connectivity index (χ2v) is 36.1. The van der Waals surface area contributed by atoms with E-state index >= 15 is 0 Å². The Hall–Kier alpha value is 0.531. The van der Waals surface area contributed by atoms with Crippen molar-refractivity contribution in [3.05, 3.63) is 0 Å². The molecule has 2 heterocycles. The van der Waals surface area contributed by atoms with E-state index in [0.717, 1.165) is 19.6 Å². The van der Waals surface area contributed by atoms with E-state index in [1.807, 2.05) is 0 Å². The second-order valence-electron chi connectivity index (χ2n) is 8.80. The molecule has 0 bridgehead atoms. The van der Waals surface area contributed by atoms with Crippen LogP contribution in [0.2, 0.25) is 45.3 Å².